The van der Waals surface area contributed by atoms with Gasteiger partial charge < -0.3 is 4.74 Å². The van der Waals surface area contributed by atoms with Crippen molar-refractivity contribution in [1.82, 2.24) is 5.48 Å². The van der Waals surface area contributed by atoms with Gasteiger partial charge in [-0.1, -0.05) is 28.1 Å². The van der Waals surface area contributed by atoms with E-state index >= 15 is 0 Å². The van der Waals surface area contributed by atoms with Crippen LogP contribution in [0.2, 0.25) is 0 Å². The molecule has 0 saturated carbocycles. The zero-order chi connectivity index (χ0) is 13.8. The van der Waals surface area contributed by atoms with Crippen molar-refractivity contribution in [2.24, 2.45) is 0 Å². The van der Waals surface area contributed by atoms with Crippen molar-refractivity contribution in [3.63, 3.8) is 0 Å². The van der Waals surface area contributed by atoms with Gasteiger partial charge in [-0.15, -0.1) is 0 Å². The van der Waals surface area contributed by atoms with E-state index in [1.807, 2.05) is 30.3 Å². The van der Waals surface area contributed by atoms with Crippen LogP contribution in [0.1, 0.15) is 5.56 Å². The van der Waals surface area contributed by atoms with E-state index in [0.717, 1.165) is 20.8 Å². The molecule has 19 heavy (non-hydrogen) atoms. The molecule has 0 fully saturated rings. The first-order chi connectivity index (χ1) is 9.15. The molecule has 0 aliphatic heterocycles. The SMILES string of the molecule is CONC(=O)Cc1c(OC)ccc2cc(Br)ccc12. The lowest BCUT2D eigenvalue weighted by atomic mass is 10.0. The van der Waals surface area contributed by atoms with Crippen molar-refractivity contribution in [2.75, 3.05) is 14.2 Å². The van der Waals surface area contributed by atoms with E-state index in [4.69, 9.17) is 4.74 Å². The molecule has 2 aromatic carbocycles. The molecule has 0 bridgehead atoms. The van der Waals surface area contributed by atoms with Crippen LogP contribution in [0.3, 0.4) is 0 Å². The number of benzene rings is 2. The second kappa shape index (κ2) is 6.04. The van der Waals surface area contributed by atoms with E-state index in [-0.39, 0.29) is 12.3 Å². The Morgan fingerprint density at radius 2 is 2.05 bits per heavy atom. The molecule has 5 heteroatoms. The average molecular weight is 324 g/mol. The normalized spacial score (nSPS) is 10.5. The number of halogens is 1. The van der Waals surface area contributed by atoms with Gasteiger partial charge in [-0.25, -0.2) is 5.48 Å². The maximum Gasteiger partial charge on any atom is 0.248 e. The number of amides is 1. The highest BCUT2D eigenvalue weighted by Crippen LogP contribution is 2.30. The minimum Gasteiger partial charge on any atom is -0.496 e. The number of hydrogen-bond donors (Lipinski definition) is 1. The highest BCUT2D eigenvalue weighted by molar-refractivity contribution is 9.10. The largest absolute Gasteiger partial charge is 0.496 e. The van der Waals surface area contributed by atoms with E-state index in [9.17, 15) is 4.79 Å². The summed E-state index contributed by atoms with van der Waals surface area (Å²) in [6.07, 6.45) is 0.204. The molecular weight excluding hydrogens is 310 g/mol. The van der Waals surface area contributed by atoms with Crippen molar-refractivity contribution in [2.45, 2.75) is 6.42 Å². The number of rotatable bonds is 4. The van der Waals surface area contributed by atoms with Crippen LogP contribution in [-0.2, 0) is 16.1 Å². The molecule has 0 unspecified atom stereocenters. The molecule has 0 aliphatic rings. The van der Waals surface area contributed by atoms with Crippen molar-refractivity contribution >= 4 is 32.6 Å². The average Bonchev–Trinajstić information content (AvgIpc) is 2.39. The number of hydrogen-bond acceptors (Lipinski definition) is 3. The molecular formula is C14H14BrNO3. The van der Waals surface area contributed by atoms with Gasteiger partial charge in [-0.05, 0) is 29.0 Å². The third-order valence-corrected chi connectivity index (χ3v) is 3.32. The smallest absolute Gasteiger partial charge is 0.248 e. The number of methoxy groups -OCH3 is 1. The van der Waals surface area contributed by atoms with Gasteiger partial charge in [0.25, 0.3) is 0 Å². The van der Waals surface area contributed by atoms with E-state index in [2.05, 4.69) is 26.2 Å². The number of carbonyl (C=O) groups excluding carboxylic acids is 1. The first kappa shape index (κ1) is 13.8. The Balaban J connectivity index is 2.51. The van der Waals surface area contributed by atoms with Crippen LogP contribution in [0.4, 0.5) is 0 Å². The predicted octanol–water partition coefficient (Wildman–Crippen LogP) is 2.83. The summed E-state index contributed by atoms with van der Waals surface area (Å²) in [5, 5.41) is 2.05. The van der Waals surface area contributed by atoms with Crippen LogP contribution >= 0.6 is 15.9 Å². The summed E-state index contributed by atoms with van der Waals surface area (Å²) in [6, 6.07) is 9.75. The molecule has 4 nitrogen and oxygen atoms in total. The van der Waals surface area contributed by atoms with Gasteiger partial charge in [0.2, 0.25) is 5.91 Å². The summed E-state index contributed by atoms with van der Waals surface area (Å²) in [7, 11) is 3.01. The van der Waals surface area contributed by atoms with Crippen molar-refractivity contribution in [3.8, 4) is 5.75 Å². The molecule has 2 rings (SSSR count). The van der Waals surface area contributed by atoms with E-state index in [0.29, 0.717) is 5.75 Å². The second-order valence-corrected chi connectivity index (χ2v) is 4.93. The van der Waals surface area contributed by atoms with Crippen molar-refractivity contribution in [3.05, 3.63) is 40.4 Å². The molecule has 0 atom stereocenters. The Kier molecular flexibility index (Phi) is 4.39. The summed E-state index contributed by atoms with van der Waals surface area (Å²) in [5.41, 5.74) is 3.17. The minimum absolute atomic E-state index is 0.204. The molecule has 0 aromatic heterocycles. The molecule has 1 amide bonds. The maximum absolute atomic E-state index is 11.7. The van der Waals surface area contributed by atoms with Crippen LogP contribution in [0.25, 0.3) is 10.8 Å². The predicted molar refractivity (Wildman–Crippen MR) is 77.1 cm³/mol. The summed E-state index contributed by atoms with van der Waals surface area (Å²) >= 11 is 3.44. The van der Waals surface area contributed by atoms with E-state index in [1.54, 1.807) is 7.11 Å². The first-order valence-corrected chi connectivity index (χ1v) is 6.52. The number of nitrogens with one attached hydrogen (secondary N) is 1. The highest BCUT2D eigenvalue weighted by Gasteiger charge is 2.12. The van der Waals surface area contributed by atoms with E-state index in [1.165, 1.54) is 7.11 Å². The maximum atomic E-state index is 11.7. The lowest BCUT2D eigenvalue weighted by Gasteiger charge is -2.12. The Bertz CT molecular complexity index is 613. The summed E-state index contributed by atoms with van der Waals surface area (Å²) in [6.45, 7) is 0. The van der Waals surface area contributed by atoms with E-state index < -0.39 is 0 Å². The van der Waals surface area contributed by atoms with Crippen LogP contribution in [0, 0.1) is 0 Å². The van der Waals surface area contributed by atoms with Crippen LogP contribution in [-0.4, -0.2) is 20.1 Å². The zero-order valence-electron chi connectivity index (χ0n) is 10.7. The van der Waals surface area contributed by atoms with Crippen molar-refractivity contribution < 1.29 is 14.4 Å². The van der Waals surface area contributed by atoms with Gasteiger partial charge >= 0.3 is 0 Å². The molecule has 0 saturated heterocycles. The lowest BCUT2D eigenvalue weighted by Crippen LogP contribution is -2.23. The molecule has 100 valence electrons. The summed E-state index contributed by atoms with van der Waals surface area (Å²) < 4.78 is 6.33. The summed E-state index contributed by atoms with van der Waals surface area (Å²) in [5.74, 6) is 0.484. The Morgan fingerprint density at radius 1 is 1.26 bits per heavy atom. The van der Waals surface area contributed by atoms with Gasteiger partial charge in [-0.2, -0.15) is 0 Å². The van der Waals surface area contributed by atoms with Gasteiger partial charge in [-0.3, -0.25) is 9.63 Å². The van der Waals surface area contributed by atoms with Crippen LogP contribution in [0.15, 0.2) is 34.8 Å². The molecule has 2 aromatic rings. The number of fused-ring (bicyclic) bond motifs is 1. The molecule has 0 aliphatic carbocycles. The zero-order valence-corrected chi connectivity index (χ0v) is 12.3. The third kappa shape index (κ3) is 3.05. The third-order valence-electron chi connectivity index (χ3n) is 2.82. The first-order valence-electron chi connectivity index (χ1n) is 5.72. The molecule has 0 heterocycles. The quantitative estimate of drug-likeness (QED) is 0.880. The molecule has 1 N–H and O–H groups in total. The van der Waals surface area contributed by atoms with Gasteiger partial charge in [0.05, 0.1) is 20.6 Å². The Labute approximate surface area is 119 Å². The fourth-order valence-corrected chi connectivity index (χ4v) is 2.41. The fraction of sp³-hybridized carbons (Fsp3) is 0.214. The Hall–Kier alpha value is -1.59. The Morgan fingerprint density at radius 3 is 2.74 bits per heavy atom. The number of hydroxylamine groups is 1. The number of carbonyl (C=O) groups is 1. The topological polar surface area (TPSA) is 47.6 Å². The second-order valence-electron chi connectivity index (χ2n) is 4.02. The van der Waals surface area contributed by atoms with Crippen molar-refractivity contribution in [1.29, 1.82) is 0 Å². The standard InChI is InChI=1S/C14H14BrNO3/c1-18-13-6-3-9-7-10(15)4-5-11(9)12(13)8-14(17)16-19-2/h3-7H,8H2,1-2H3,(H,16,17). The summed E-state index contributed by atoms with van der Waals surface area (Å²) in [4.78, 5) is 16.3. The van der Waals surface area contributed by atoms with Crippen LogP contribution in [0.5, 0.6) is 5.75 Å². The van der Waals surface area contributed by atoms with Crippen LogP contribution < -0.4 is 10.2 Å². The van der Waals surface area contributed by atoms with Gasteiger partial charge in [0.1, 0.15) is 5.75 Å². The molecule has 0 spiro atoms. The monoisotopic (exact) mass is 323 g/mol. The van der Waals surface area contributed by atoms with Gasteiger partial charge in [0, 0.05) is 10.0 Å². The minimum atomic E-state index is -0.212. The fourth-order valence-electron chi connectivity index (χ4n) is 2.03. The number of ether oxygens (including phenoxy) is 1. The lowest BCUT2D eigenvalue weighted by molar-refractivity contribution is -0.130. The van der Waals surface area contributed by atoms with Gasteiger partial charge in [0.15, 0.2) is 0 Å². The highest BCUT2D eigenvalue weighted by atomic mass is 79.9. The molecule has 0 radical (unpaired) electrons.